The molecule has 1 saturated heterocycles. The van der Waals surface area contributed by atoms with Gasteiger partial charge < -0.3 is 14.8 Å². The largest absolute Gasteiger partial charge is 0.427 e. The quantitative estimate of drug-likeness (QED) is 0.175. The fourth-order valence-corrected chi connectivity index (χ4v) is 16.1. The van der Waals surface area contributed by atoms with Crippen LogP contribution >= 0.6 is 21.6 Å². The number of amides is 2. The summed E-state index contributed by atoms with van der Waals surface area (Å²) in [6, 6.07) is 2.00. The molecule has 13 rings (SSSR count). The molecule has 1 N–H and O–H groups in total. The Morgan fingerprint density at radius 1 is 0.932 bits per heavy atom. The molecule has 6 aliphatic heterocycles. The number of nitrogens with zero attached hydrogens (tertiary/aromatic N) is 2. The molecule has 9 bridgehead atoms. The highest BCUT2D eigenvalue weighted by atomic mass is 33.1. The van der Waals surface area contributed by atoms with Gasteiger partial charge in [-0.2, -0.15) is 0 Å². The van der Waals surface area contributed by atoms with Crippen LogP contribution in [0.25, 0.3) is 6.08 Å². The average molecular weight is 832 g/mol. The summed E-state index contributed by atoms with van der Waals surface area (Å²) < 4.78 is 13.0. The number of imide groups is 1. The van der Waals surface area contributed by atoms with Gasteiger partial charge in [0.15, 0.2) is 0 Å². The zero-order chi connectivity index (χ0) is 40.0. The third-order valence-electron chi connectivity index (χ3n) is 16.3. The Labute approximate surface area is 354 Å². The maximum atomic E-state index is 15.0. The van der Waals surface area contributed by atoms with Crippen molar-refractivity contribution in [3.8, 4) is 0 Å². The summed E-state index contributed by atoms with van der Waals surface area (Å²) in [6.07, 6.45) is 29.2. The van der Waals surface area contributed by atoms with Crippen LogP contribution in [-0.2, 0) is 28.7 Å². The second-order valence-electron chi connectivity index (χ2n) is 18.8. The highest BCUT2D eigenvalue weighted by Gasteiger charge is 2.69. The maximum absolute atomic E-state index is 15.0. The van der Waals surface area contributed by atoms with Crippen molar-refractivity contribution in [1.82, 2.24) is 9.88 Å². The van der Waals surface area contributed by atoms with Gasteiger partial charge in [0.25, 0.3) is 11.8 Å². The Morgan fingerprint density at radius 3 is 2.54 bits per heavy atom. The molecule has 3 saturated carbocycles. The zero-order valence-corrected chi connectivity index (χ0v) is 35.5. The van der Waals surface area contributed by atoms with E-state index < -0.39 is 11.3 Å². The smallest absolute Gasteiger partial charge is 0.340 e. The molecular formula is C48H53N3O6S2. The first kappa shape index (κ1) is 38.1. The van der Waals surface area contributed by atoms with E-state index in [1.165, 1.54) is 62.0 Å². The van der Waals surface area contributed by atoms with Crippen LogP contribution in [0.1, 0.15) is 120 Å². The van der Waals surface area contributed by atoms with E-state index in [0.29, 0.717) is 29.6 Å². The third-order valence-corrected chi connectivity index (χ3v) is 18.9. The first-order valence-electron chi connectivity index (χ1n) is 22.4. The summed E-state index contributed by atoms with van der Waals surface area (Å²) in [5, 5.41) is 3.72. The minimum atomic E-state index is -0.852. The second kappa shape index (κ2) is 14.7. The number of hydrogen-bond acceptors (Lipinski definition) is 10. The Kier molecular flexibility index (Phi) is 9.48. The molecule has 0 aromatic carbocycles. The molecule has 0 radical (unpaired) electrons. The number of carbonyl (C=O) groups is 4. The number of hydrogen-bond donors (Lipinski definition) is 1. The van der Waals surface area contributed by atoms with E-state index in [4.69, 9.17) is 14.5 Å². The summed E-state index contributed by atoms with van der Waals surface area (Å²) in [7, 11) is 3.73. The minimum Gasteiger partial charge on any atom is -0.427 e. The lowest BCUT2D eigenvalue weighted by Crippen LogP contribution is -2.53. The van der Waals surface area contributed by atoms with E-state index in [-0.39, 0.29) is 58.8 Å². The standard InChI is InChI=1S/C48H53N3O6S2/c1-2-47(20-6-7-21-47)24-35-33-12-11-31-30-18-22-48(42(31)41(33)45(54)56-35)36-14-10-28(27-8-4-3-5-9-27)26-58-59-37-15-13-32-29(19-23-49-44(32)50-37)34(40(30)43(48)46(55)57-36)25-51-38(52)16-17-39(51)53/h13-17,19,23-24,27-28,30-31,34,37,42H,2-12,18,20-22,25-26H2,1H3,(H,49,50)/b35-24-,36-14-/t28-,30+,31+,34+,37-,42-,48+/m1/s1. The van der Waals surface area contributed by atoms with Crippen LogP contribution in [0.2, 0.25) is 0 Å². The summed E-state index contributed by atoms with van der Waals surface area (Å²) in [5.41, 5.74) is 4.47. The van der Waals surface area contributed by atoms with Crippen molar-refractivity contribution in [2.24, 2.45) is 40.4 Å². The lowest BCUT2D eigenvalue weighted by molar-refractivity contribution is -0.137. The number of nitrogens with one attached hydrogen (secondary N) is 1. The molecule has 59 heavy (non-hydrogen) atoms. The molecule has 1 aromatic rings. The summed E-state index contributed by atoms with van der Waals surface area (Å²) in [5.74, 6) is 2.19. The average Bonchev–Trinajstić information content (AvgIpc) is 4.02. The molecular weight excluding hydrogens is 779 g/mol. The molecule has 7 atom stereocenters. The van der Waals surface area contributed by atoms with Crippen LogP contribution in [0.4, 0.5) is 5.82 Å². The van der Waals surface area contributed by atoms with Gasteiger partial charge in [-0.1, -0.05) is 85.6 Å². The number of allylic oxidation sites excluding steroid dienone is 4. The first-order chi connectivity index (χ1) is 28.8. The van der Waals surface area contributed by atoms with Crippen LogP contribution < -0.4 is 5.32 Å². The number of fused-ring (bicyclic) bond motifs is 6. The highest BCUT2D eigenvalue weighted by Crippen LogP contribution is 2.72. The lowest BCUT2D eigenvalue weighted by atomic mass is 9.43. The predicted octanol–water partition coefficient (Wildman–Crippen LogP) is 9.72. The van der Waals surface area contributed by atoms with Gasteiger partial charge in [-0.05, 0) is 110 Å². The molecule has 9 nitrogen and oxygen atoms in total. The fraction of sp³-hybridized carbons (Fsp3) is 0.562. The van der Waals surface area contributed by atoms with Gasteiger partial charge in [-0.25, -0.2) is 14.6 Å². The van der Waals surface area contributed by atoms with E-state index in [9.17, 15) is 14.4 Å². The molecule has 7 heterocycles. The van der Waals surface area contributed by atoms with Crippen molar-refractivity contribution >= 4 is 57.2 Å². The normalized spacial score (nSPS) is 36.3. The number of anilines is 1. The first-order valence-corrected chi connectivity index (χ1v) is 24.8. The molecule has 4 fully saturated rings. The van der Waals surface area contributed by atoms with Gasteiger partial charge in [0, 0.05) is 59.2 Å². The van der Waals surface area contributed by atoms with Crippen LogP contribution in [-0.4, -0.2) is 51.3 Å². The SMILES string of the molecule is CCC1(/C=C2\OC(=O)C3=C2CC[C@H]2[C@@H]4CC[C@@]5(C6=C4[C@@H](CN4C(=O)C=CC4=O)c4ccnc7c4C=C[C@H](N7)SSC[C@H](C4CCCCC4)C/C=C/5OC6=O)[C@@H]32)CCCC1. The number of cyclic esters (lactones) is 1. The van der Waals surface area contributed by atoms with Crippen molar-refractivity contribution in [3.63, 3.8) is 0 Å². The van der Waals surface area contributed by atoms with Crippen molar-refractivity contribution in [3.05, 3.63) is 87.6 Å². The highest BCUT2D eigenvalue weighted by molar-refractivity contribution is 8.77. The molecule has 0 unspecified atom stereocenters. The van der Waals surface area contributed by atoms with Crippen molar-refractivity contribution in [1.29, 1.82) is 0 Å². The molecule has 12 aliphatic rings. The zero-order valence-electron chi connectivity index (χ0n) is 33.8. The molecule has 308 valence electrons. The van der Waals surface area contributed by atoms with Gasteiger partial charge in [0.2, 0.25) is 0 Å². The summed E-state index contributed by atoms with van der Waals surface area (Å²) >= 11 is 0. The van der Waals surface area contributed by atoms with E-state index >= 15 is 4.79 Å². The van der Waals surface area contributed by atoms with Gasteiger partial charge in [0.1, 0.15) is 22.7 Å². The predicted molar refractivity (Wildman–Crippen MR) is 229 cm³/mol. The van der Waals surface area contributed by atoms with Gasteiger partial charge in [-0.3, -0.25) is 14.5 Å². The number of ether oxygens (including phenoxy) is 2. The van der Waals surface area contributed by atoms with Crippen LogP contribution in [0.3, 0.4) is 0 Å². The second-order valence-corrected chi connectivity index (χ2v) is 21.4. The van der Waals surface area contributed by atoms with Crippen molar-refractivity contribution in [2.75, 3.05) is 17.6 Å². The molecule has 6 aliphatic carbocycles. The number of esters is 2. The Morgan fingerprint density at radius 2 is 1.75 bits per heavy atom. The molecule has 1 aromatic heterocycles. The van der Waals surface area contributed by atoms with Gasteiger partial charge >= 0.3 is 11.9 Å². The maximum Gasteiger partial charge on any atom is 0.340 e. The molecule has 2 amide bonds. The van der Waals surface area contributed by atoms with E-state index in [2.05, 4.69) is 36.5 Å². The van der Waals surface area contributed by atoms with Crippen LogP contribution in [0.15, 0.2) is 76.5 Å². The summed E-state index contributed by atoms with van der Waals surface area (Å²) in [6.45, 7) is 2.35. The topological polar surface area (TPSA) is 115 Å². The number of carbonyl (C=O) groups excluding carboxylic acids is 4. The fourth-order valence-electron chi connectivity index (χ4n) is 13.4. The van der Waals surface area contributed by atoms with Crippen LogP contribution in [0.5, 0.6) is 0 Å². The Bertz CT molecular complexity index is 2210. The van der Waals surface area contributed by atoms with Gasteiger partial charge in [-0.15, -0.1) is 0 Å². The van der Waals surface area contributed by atoms with E-state index in [1.807, 2.05) is 33.9 Å². The molecule has 1 spiro atoms. The van der Waals surface area contributed by atoms with Crippen molar-refractivity contribution < 1.29 is 28.7 Å². The number of rotatable bonds is 5. The summed E-state index contributed by atoms with van der Waals surface area (Å²) in [4.78, 5) is 62.5. The van der Waals surface area contributed by atoms with Crippen molar-refractivity contribution in [2.45, 2.75) is 115 Å². The lowest BCUT2D eigenvalue weighted by Gasteiger charge is -2.57. The monoisotopic (exact) mass is 831 g/mol. The Hall–Kier alpha value is -3.83. The van der Waals surface area contributed by atoms with Crippen LogP contribution in [0, 0.1) is 40.4 Å². The Balaban J connectivity index is 1.13. The van der Waals surface area contributed by atoms with E-state index in [0.717, 1.165) is 90.1 Å². The number of pyridine rings is 1. The third kappa shape index (κ3) is 5.97. The molecule has 11 heteroatoms. The number of aromatic nitrogens is 1. The van der Waals surface area contributed by atoms with E-state index in [1.54, 1.807) is 0 Å². The van der Waals surface area contributed by atoms with Gasteiger partial charge in [0.05, 0.1) is 11.0 Å². The minimum absolute atomic E-state index is 0.0337.